The van der Waals surface area contributed by atoms with Gasteiger partial charge in [0.05, 0.1) is 12.8 Å². The lowest BCUT2D eigenvalue weighted by Crippen LogP contribution is -2.22. The first kappa shape index (κ1) is 17.9. The summed E-state index contributed by atoms with van der Waals surface area (Å²) in [6.07, 6.45) is 12.1. The van der Waals surface area contributed by atoms with Gasteiger partial charge in [-0.15, -0.1) is 0 Å². The number of aromatic nitrogens is 2. The highest BCUT2D eigenvalue weighted by Crippen LogP contribution is 2.20. The standard InChI is InChI=1S/C17H31N3O/c1-4-6-7-8-9-10-11-12-15(18-5-2)16-13-17(21-3)20-14-19-16/h13-15,18H,4-12H2,1-3H3. The Hall–Kier alpha value is -1.16. The van der Waals surface area contributed by atoms with Crippen LogP contribution in [0.15, 0.2) is 12.4 Å². The molecule has 0 aliphatic carbocycles. The number of rotatable bonds is 12. The van der Waals surface area contributed by atoms with Crippen LogP contribution in [0.4, 0.5) is 0 Å². The second kappa shape index (κ2) is 11.5. The summed E-state index contributed by atoms with van der Waals surface area (Å²) >= 11 is 0. The third kappa shape index (κ3) is 7.42. The summed E-state index contributed by atoms with van der Waals surface area (Å²) in [6, 6.07) is 2.25. The van der Waals surface area contributed by atoms with Crippen LogP contribution in [0.25, 0.3) is 0 Å². The number of methoxy groups -OCH3 is 1. The van der Waals surface area contributed by atoms with Crippen LogP contribution >= 0.6 is 0 Å². The molecule has 1 unspecified atom stereocenters. The topological polar surface area (TPSA) is 47.0 Å². The fourth-order valence-corrected chi connectivity index (χ4v) is 2.56. The van der Waals surface area contributed by atoms with E-state index in [1.165, 1.54) is 44.9 Å². The maximum absolute atomic E-state index is 5.18. The van der Waals surface area contributed by atoms with E-state index in [1.54, 1.807) is 13.4 Å². The van der Waals surface area contributed by atoms with Gasteiger partial charge in [0.1, 0.15) is 6.33 Å². The molecule has 0 saturated heterocycles. The van der Waals surface area contributed by atoms with Gasteiger partial charge in [-0.3, -0.25) is 0 Å². The molecule has 1 atom stereocenters. The van der Waals surface area contributed by atoms with Gasteiger partial charge in [-0.25, -0.2) is 9.97 Å². The lowest BCUT2D eigenvalue weighted by Gasteiger charge is -2.17. The van der Waals surface area contributed by atoms with Crippen LogP contribution in [0.2, 0.25) is 0 Å². The van der Waals surface area contributed by atoms with Crippen molar-refractivity contribution in [2.24, 2.45) is 0 Å². The summed E-state index contributed by atoms with van der Waals surface area (Å²) in [5.41, 5.74) is 1.04. The van der Waals surface area contributed by atoms with E-state index >= 15 is 0 Å². The van der Waals surface area contributed by atoms with Crippen LogP contribution in [0.1, 0.15) is 76.9 Å². The van der Waals surface area contributed by atoms with Crippen molar-refractivity contribution in [1.82, 2.24) is 15.3 Å². The molecule has 0 aliphatic rings. The minimum atomic E-state index is 0.308. The first-order valence-electron chi connectivity index (χ1n) is 8.41. The Morgan fingerprint density at radius 2 is 1.76 bits per heavy atom. The van der Waals surface area contributed by atoms with E-state index in [9.17, 15) is 0 Å². The van der Waals surface area contributed by atoms with E-state index in [2.05, 4.69) is 29.1 Å². The van der Waals surface area contributed by atoms with Gasteiger partial charge in [0.25, 0.3) is 0 Å². The molecule has 1 heterocycles. The molecule has 1 rings (SSSR count). The normalized spacial score (nSPS) is 12.3. The molecule has 0 fully saturated rings. The molecule has 0 aromatic carbocycles. The van der Waals surface area contributed by atoms with Crippen LogP contribution in [-0.2, 0) is 0 Å². The quantitative estimate of drug-likeness (QED) is 0.584. The second-order valence-electron chi connectivity index (χ2n) is 5.51. The molecule has 0 spiro atoms. The lowest BCUT2D eigenvalue weighted by molar-refractivity contribution is 0.392. The van der Waals surface area contributed by atoms with E-state index in [4.69, 9.17) is 4.74 Å². The molecule has 4 nitrogen and oxygen atoms in total. The van der Waals surface area contributed by atoms with Gasteiger partial charge in [-0.2, -0.15) is 0 Å². The van der Waals surface area contributed by atoms with Gasteiger partial charge in [0, 0.05) is 12.1 Å². The molecular weight excluding hydrogens is 262 g/mol. The number of nitrogens with zero attached hydrogens (tertiary/aromatic N) is 2. The summed E-state index contributed by atoms with van der Waals surface area (Å²) in [7, 11) is 1.64. The molecule has 0 bridgehead atoms. The smallest absolute Gasteiger partial charge is 0.216 e. The average Bonchev–Trinajstić information content (AvgIpc) is 2.53. The van der Waals surface area contributed by atoms with Crippen LogP contribution in [0.5, 0.6) is 5.88 Å². The predicted molar refractivity (Wildman–Crippen MR) is 87.6 cm³/mol. The van der Waals surface area contributed by atoms with Crippen molar-refractivity contribution in [3.8, 4) is 5.88 Å². The number of ether oxygens (including phenoxy) is 1. The first-order chi connectivity index (χ1) is 10.3. The van der Waals surface area contributed by atoms with Gasteiger partial charge < -0.3 is 10.1 Å². The average molecular weight is 293 g/mol. The van der Waals surface area contributed by atoms with E-state index in [1.807, 2.05) is 6.07 Å². The maximum atomic E-state index is 5.18. The zero-order chi connectivity index (χ0) is 15.3. The van der Waals surface area contributed by atoms with Crippen molar-refractivity contribution >= 4 is 0 Å². The summed E-state index contributed by atoms with van der Waals surface area (Å²) in [5.74, 6) is 0.641. The zero-order valence-electron chi connectivity index (χ0n) is 13.9. The highest BCUT2D eigenvalue weighted by molar-refractivity contribution is 5.16. The van der Waals surface area contributed by atoms with Crippen LogP contribution in [0.3, 0.4) is 0 Å². The van der Waals surface area contributed by atoms with Gasteiger partial charge in [-0.1, -0.05) is 58.8 Å². The van der Waals surface area contributed by atoms with Crippen LogP contribution in [-0.4, -0.2) is 23.6 Å². The van der Waals surface area contributed by atoms with Crippen LogP contribution in [0, 0.1) is 0 Å². The van der Waals surface area contributed by atoms with Gasteiger partial charge in [0.15, 0.2) is 0 Å². The predicted octanol–water partition coefficient (Wildman–Crippen LogP) is 4.28. The molecule has 21 heavy (non-hydrogen) atoms. The molecule has 1 aromatic rings. The summed E-state index contributed by atoms with van der Waals surface area (Å²) in [6.45, 7) is 5.35. The molecular formula is C17H31N3O. The third-order valence-electron chi connectivity index (χ3n) is 3.78. The largest absolute Gasteiger partial charge is 0.481 e. The molecule has 0 saturated carbocycles. The minimum absolute atomic E-state index is 0.308. The Morgan fingerprint density at radius 1 is 1.05 bits per heavy atom. The fourth-order valence-electron chi connectivity index (χ4n) is 2.56. The van der Waals surface area contributed by atoms with Crippen molar-refractivity contribution < 1.29 is 4.74 Å². The van der Waals surface area contributed by atoms with Crippen molar-refractivity contribution in [1.29, 1.82) is 0 Å². The zero-order valence-corrected chi connectivity index (χ0v) is 13.9. The first-order valence-corrected chi connectivity index (χ1v) is 8.41. The Morgan fingerprint density at radius 3 is 2.43 bits per heavy atom. The number of unbranched alkanes of at least 4 members (excludes halogenated alkanes) is 6. The molecule has 0 amide bonds. The van der Waals surface area contributed by atoms with E-state index < -0.39 is 0 Å². The van der Waals surface area contributed by atoms with Gasteiger partial charge in [0.2, 0.25) is 5.88 Å². The summed E-state index contributed by atoms with van der Waals surface area (Å²) < 4.78 is 5.18. The summed E-state index contributed by atoms with van der Waals surface area (Å²) in [4.78, 5) is 8.47. The summed E-state index contributed by atoms with van der Waals surface area (Å²) in [5, 5.41) is 3.52. The molecule has 4 heteroatoms. The molecule has 0 aliphatic heterocycles. The third-order valence-corrected chi connectivity index (χ3v) is 3.78. The lowest BCUT2D eigenvalue weighted by atomic mass is 10.0. The highest BCUT2D eigenvalue weighted by Gasteiger charge is 2.12. The van der Waals surface area contributed by atoms with Crippen molar-refractivity contribution in [3.63, 3.8) is 0 Å². The van der Waals surface area contributed by atoms with Crippen molar-refractivity contribution in [2.75, 3.05) is 13.7 Å². The van der Waals surface area contributed by atoms with E-state index in [0.717, 1.165) is 18.7 Å². The number of nitrogens with one attached hydrogen (secondary N) is 1. The Bertz CT molecular complexity index is 371. The van der Waals surface area contributed by atoms with E-state index in [0.29, 0.717) is 11.9 Å². The Balaban J connectivity index is 2.35. The van der Waals surface area contributed by atoms with Crippen LogP contribution < -0.4 is 10.1 Å². The minimum Gasteiger partial charge on any atom is -0.481 e. The fraction of sp³-hybridized carbons (Fsp3) is 0.765. The van der Waals surface area contributed by atoms with E-state index in [-0.39, 0.29) is 0 Å². The van der Waals surface area contributed by atoms with Crippen molar-refractivity contribution in [3.05, 3.63) is 18.1 Å². The Labute approximate surface area is 129 Å². The SMILES string of the molecule is CCCCCCCCCC(NCC)c1cc(OC)ncn1. The van der Waals surface area contributed by atoms with Gasteiger partial charge >= 0.3 is 0 Å². The van der Waals surface area contributed by atoms with Crippen molar-refractivity contribution in [2.45, 2.75) is 71.3 Å². The number of hydrogen-bond acceptors (Lipinski definition) is 4. The number of hydrogen-bond donors (Lipinski definition) is 1. The molecule has 1 N–H and O–H groups in total. The monoisotopic (exact) mass is 293 g/mol. The molecule has 1 aromatic heterocycles. The maximum Gasteiger partial charge on any atom is 0.216 e. The molecule has 0 radical (unpaired) electrons. The van der Waals surface area contributed by atoms with Gasteiger partial charge in [-0.05, 0) is 13.0 Å². The molecule has 120 valence electrons. The Kier molecular flexibility index (Phi) is 9.79. The second-order valence-corrected chi connectivity index (χ2v) is 5.51. The highest BCUT2D eigenvalue weighted by atomic mass is 16.5.